The Morgan fingerprint density at radius 1 is 0.852 bits per heavy atom. The fourth-order valence-electron chi connectivity index (χ4n) is 2.47. The lowest BCUT2D eigenvalue weighted by molar-refractivity contribution is -0.119. The van der Waals surface area contributed by atoms with Crippen LogP contribution in [0.4, 0.5) is 11.4 Å². The number of likely N-dealkylation sites (N-methyl/N-ethyl adjacent to an activating group) is 1. The van der Waals surface area contributed by atoms with Crippen LogP contribution in [0.15, 0.2) is 54.6 Å². The zero-order valence-electron chi connectivity index (χ0n) is 15.5. The highest BCUT2D eigenvalue weighted by atomic mass is 16.2. The Hall–Kier alpha value is -3.19. The summed E-state index contributed by atoms with van der Waals surface area (Å²) in [6.07, 6.45) is 0. The van der Waals surface area contributed by atoms with Crippen molar-refractivity contribution in [2.45, 2.75) is 6.92 Å². The number of anilines is 2. The Labute approximate surface area is 158 Å². The van der Waals surface area contributed by atoms with Gasteiger partial charge < -0.3 is 16.0 Å². The molecule has 7 heteroatoms. The molecule has 0 saturated heterocycles. The van der Waals surface area contributed by atoms with E-state index >= 15 is 0 Å². The SMILES string of the molecule is CCNC(=O)c1cccc(NC(=O)CN(C)CC(=O)Nc2ccccc2)c1. The second-order valence-corrected chi connectivity index (χ2v) is 6.07. The molecule has 2 aromatic carbocycles. The number of carbonyl (C=O) groups excluding carboxylic acids is 3. The van der Waals surface area contributed by atoms with Crippen molar-refractivity contribution in [1.82, 2.24) is 10.2 Å². The third kappa shape index (κ3) is 6.91. The molecule has 2 rings (SSSR count). The standard InChI is InChI=1S/C20H24N4O3/c1-3-21-20(27)15-8-7-11-17(12-15)23-19(26)14-24(2)13-18(25)22-16-9-5-4-6-10-16/h4-12H,3,13-14H2,1-2H3,(H,21,27)(H,22,25)(H,23,26). The van der Waals surface area contributed by atoms with Crippen LogP contribution in [0.2, 0.25) is 0 Å². The second-order valence-electron chi connectivity index (χ2n) is 6.07. The number of amides is 3. The van der Waals surface area contributed by atoms with Gasteiger partial charge in [0, 0.05) is 23.5 Å². The zero-order chi connectivity index (χ0) is 19.6. The summed E-state index contributed by atoms with van der Waals surface area (Å²) < 4.78 is 0. The van der Waals surface area contributed by atoms with Gasteiger partial charge in [0.1, 0.15) is 0 Å². The van der Waals surface area contributed by atoms with Gasteiger partial charge in [0.15, 0.2) is 0 Å². The molecule has 2 aromatic rings. The lowest BCUT2D eigenvalue weighted by Crippen LogP contribution is -2.36. The van der Waals surface area contributed by atoms with E-state index in [-0.39, 0.29) is 30.8 Å². The van der Waals surface area contributed by atoms with Crippen LogP contribution in [0.1, 0.15) is 17.3 Å². The van der Waals surface area contributed by atoms with Gasteiger partial charge in [-0.2, -0.15) is 0 Å². The third-order valence-corrected chi connectivity index (χ3v) is 3.63. The van der Waals surface area contributed by atoms with Gasteiger partial charge in [-0.3, -0.25) is 19.3 Å². The average Bonchev–Trinajstić information content (AvgIpc) is 2.62. The molecule has 142 valence electrons. The lowest BCUT2D eigenvalue weighted by atomic mass is 10.2. The molecule has 0 aliphatic carbocycles. The van der Waals surface area contributed by atoms with Crippen LogP contribution in [0.25, 0.3) is 0 Å². The quantitative estimate of drug-likeness (QED) is 0.664. The van der Waals surface area contributed by atoms with E-state index in [4.69, 9.17) is 0 Å². The molecular formula is C20H24N4O3. The van der Waals surface area contributed by atoms with E-state index in [2.05, 4.69) is 16.0 Å². The van der Waals surface area contributed by atoms with E-state index in [1.54, 1.807) is 48.3 Å². The van der Waals surface area contributed by atoms with Crippen molar-refractivity contribution in [3.8, 4) is 0 Å². The molecule has 0 radical (unpaired) electrons. The molecule has 27 heavy (non-hydrogen) atoms. The van der Waals surface area contributed by atoms with E-state index < -0.39 is 0 Å². The van der Waals surface area contributed by atoms with Crippen molar-refractivity contribution in [1.29, 1.82) is 0 Å². The Morgan fingerprint density at radius 2 is 1.44 bits per heavy atom. The van der Waals surface area contributed by atoms with Crippen molar-refractivity contribution in [2.24, 2.45) is 0 Å². The van der Waals surface area contributed by atoms with Crippen molar-refractivity contribution < 1.29 is 14.4 Å². The molecule has 7 nitrogen and oxygen atoms in total. The molecule has 3 N–H and O–H groups in total. The molecule has 3 amide bonds. The minimum absolute atomic E-state index is 0.0492. The van der Waals surface area contributed by atoms with Gasteiger partial charge in [-0.25, -0.2) is 0 Å². The fraction of sp³-hybridized carbons (Fsp3) is 0.250. The summed E-state index contributed by atoms with van der Waals surface area (Å²) in [4.78, 5) is 37.7. The third-order valence-electron chi connectivity index (χ3n) is 3.63. The van der Waals surface area contributed by atoms with Crippen molar-refractivity contribution in [3.05, 3.63) is 60.2 Å². The highest BCUT2D eigenvalue weighted by molar-refractivity contribution is 5.98. The summed E-state index contributed by atoms with van der Waals surface area (Å²) in [5.74, 6) is -0.656. The number of nitrogens with one attached hydrogen (secondary N) is 3. The molecule has 0 fully saturated rings. The summed E-state index contributed by atoms with van der Waals surface area (Å²) in [7, 11) is 1.69. The van der Waals surface area contributed by atoms with Crippen LogP contribution in [-0.4, -0.2) is 49.3 Å². The fourth-order valence-corrected chi connectivity index (χ4v) is 2.47. The monoisotopic (exact) mass is 368 g/mol. The Bertz CT molecular complexity index is 793. The van der Waals surface area contributed by atoms with E-state index in [1.807, 2.05) is 25.1 Å². The van der Waals surface area contributed by atoms with Crippen LogP contribution in [0.5, 0.6) is 0 Å². The average molecular weight is 368 g/mol. The van der Waals surface area contributed by atoms with Crippen LogP contribution in [-0.2, 0) is 9.59 Å². The zero-order valence-corrected chi connectivity index (χ0v) is 15.5. The summed E-state index contributed by atoms with van der Waals surface area (Å²) in [5.41, 5.74) is 1.72. The summed E-state index contributed by atoms with van der Waals surface area (Å²) in [6, 6.07) is 15.8. The van der Waals surface area contributed by atoms with Gasteiger partial charge in [-0.15, -0.1) is 0 Å². The topological polar surface area (TPSA) is 90.5 Å². The Morgan fingerprint density at radius 3 is 2.07 bits per heavy atom. The number of hydrogen-bond acceptors (Lipinski definition) is 4. The molecule has 0 atom stereocenters. The van der Waals surface area contributed by atoms with Gasteiger partial charge >= 0.3 is 0 Å². The van der Waals surface area contributed by atoms with Crippen molar-refractivity contribution in [2.75, 3.05) is 37.3 Å². The number of para-hydroxylation sites is 1. The largest absolute Gasteiger partial charge is 0.352 e. The van der Waals surface area contributed by atoms with Crippen molar-refractivity contribution >= 4 is 29.1 Å². The maximum atomic E-state index is 12.2. The van der Waals surface area contributed by atoms with E-state index in [1.165, 1.54) is 0 Å². The molecular weight excluding hydrogens is 344 g/mol. The maximum absolute atomic E-state index is 12.2. The number of nitrogens with zero attached hydrogens (tertiary/aromatic N) is 1. The van der Waals surface area contributed by atoms with Gasteiger partial charge in [-0.1, -0.05) is 24.3 Å². The van der Waals surface area contributed by atoms with Gasteiger partial charge in [0.05, 0.1) is 13.1 Å². The van der Waals surface area contributed by atoms with Crippen LogP contribution in [0, 0.1) is 0 Å². The van der Waals surface area contributed by atoms with E-state index in [0.29, 0.717) is 23.5 Å². The predicted octanol–water partition coefficient (Wildman–Crippen LogP) is 1.95. The highest BCUT2D eigenvalue weighted by Gasteiger charge is 2.12. The first-order valence-electron chi connectivity index (χ1n) is 8.69. The molecule has 0 spiro atoms. The minimum atomic E-state index is -0.266. The van der Waals surface area contributed by atoms with Gasteiger partial charge in [0.2, 0.25) is 11.8 Å². The normalized spacial score (nSPS) is 10.3. The molecule has 0 unspecified atom stereocenters. The van der Waals surface area contributed by atoms with Crippen molar-refractivity contribution in [3.63, 3.8) is 0 Å². The Kier molecular flexibility index (Phi) is 7.51. The first-order chi connectivity index (χ1) is 13.0. The molecule has 0 heterocycles. The van der Waals surface area contributed by atoms with Crippen LogP contribution in [0.3, 0.4) is 0 Å². The molecule has 0 aliphatic rings. The number of carbonyl (C=O) groups is 3. The van der Waals surface area contributed by atoms with Gasteiger partial charge in [-0.05, 0) is 44.3 Å². The first-order valence-corrected chi connectivity index (χ1v) is 8.69. The summed E-state index contributed by atoms with van der Waals surface area (Å²) >= 11 is 0. The molecule has 0 aliphatic heterocycles. The summed E-state index contributed by atoms with van der Waals surface area (Å²) in [5, 5.41) is 8.22. The number of benzene rings is 2. The second kappa shape index (κ2) is 10.1. The minimum Gasteiger partial charge on any atom is -0.352 e. The molecule has 0 bridgehead atoms. The Balaban J connectivity index is 1.83. The van der Waals surface area contributed by atoms with E-state index in [9.17, 15) is 14.4 Å². The van der Waals surface area contributed by atoms with Crippen LogP contribution >= 0.6 is 0 Å². The lowest BCUT2D eigenvalue weighted by Gasteiger charge is -2.16. The highest BCUT2D eigenvalue weighted by Crippen LogP contribution is 2.11. The predicted molar refractivity (Wildman–Crippen MR) is 106 cm³/mol. The smallest absolute Gasteiger partial charge is 0.251 e. The molecule has 0 saturated carbocycles. The number of hydrogen-bond donors (Lipinski definition) is 3. The van der Waals surface area contributed by atoms with E-state index in [0.717, 1.165) is 0 Å². The van der Waals surface area contributed by atoms with Crippen LogP contribution < -0.4 is 16.0 Å². The first kappa shape index (κ1) is 20.1. The molecule has 0 aromatic heterocycles. The summed E-state index contributed by atoms with van der Waals surface area (Å²) in [6.45, 7) is 2.51. The maximum Gasteiger partial charge on any atom is 0.251 e. The number of rotatable bonds is 8. The van der Waals surface area contributed by atoms with Gasteiger partial charge in [0.25, 0.3) is 5.91 Å².